The van der Waals surface area contributed by atoms with Crippen LogP contribution in [0.1, 0.15) is 161 Å². The number of nitrogens with zero attached hydrogens (tertiary/aromatic N) is 2. The Morgan fingerprint density at radius 1 is 0.718 bits per heavy atom. The lowest BCUT2D eigenvalue weighted by Crippen LogP contribution is -2.36. The Bertz CT molecular complexity index is 1990. The van der Waals surface area contributed by atoms with Crippen molar-refractivity contribution in [2.75, 3.05) is 25.6 Å². The summed E-state index contributed by atoms with van der Waals surface area (Å²) >= 11 is 0. The Kier molecular flexibility index (Phi) is 30.9. The molecule has 402 valence electrons. The number of nitrogen functional groups attached to an aromatic ring is 1. The molecular weight excluding hydrogens is 961 g/mol. The summed E-state index contributed by atoms with van der Waals surface area (Å²) in [5.41, 5.74) is 4.58. The summed E-state index contributed by atoms with van der Waals surface area (Å²) in [7, 11) is -10.9. The predicted molar refractivity (Wildman–Crippen MR) is 270 cm³/mol. The van der Waals surface area contributed by atoms with Gasteiger partial charge in [0.25, 0.3) is 0 Å². The van der Waals surface area contributed by atoms with Gasteiger partial charge in [-0.1, -0.05) is 132 Å². The van der Waals surface area contributed by atoms with Gasteiger partial charge in [-0.15, -0.1) is 0 Å². The van der Waals surface area contributed by atoms with E-state index in [1.807, 2.05) is 12.2 Å². The van der Waals surface area contributed by atoms with Gasteiger partial charge in [0.15, 0.2) is 12.3 Å². The summed E-state index contributed by atoms with van der Waals surface area (Å²) < 4.78 is 62.4. The first-order chi connectivity index (χ1) is 34.1. The van der Waals surface area contributed by atoms with Crippen LogP contribution >= 0.6 is 15.6 Å². The van der Waals surface area contributed by atoms with E-state index in [1.54, 1.807) is 0 Å². The molecule has 0 aromatic carbocycles. The number of epoxide rings is 1. The zero-order valence-electron chi connectivity index (χ0n) is 41.7. The number of hydrogen-bond donors (Lipinski definition) is 5. The van der Waals surface area contributed by atoms with Gasteiger partial charge in [-0.3, -0.25) is 23.2 Å². The van der Waals surface area contributed by atoms with Crippen LogP contribution in [0.5, 0.6) is 0 Å². The van der Waals surface area contributed by atoms with E-state index in [1.165, 1.54) is 51.0 Å². The van der Waals surface area contributed by atoms with E-state index in [9.17, 15) is 43.5 Å². The Morgan fingerprint density at radius 2 is 1.32 bits per heavy atom. The van der Waals surface area contributed by atoms with E-state index in [0.717, 1.165) is 75.0 Å². The normalized spacial score (nSPS) is 22.5. The molecule has 6 N–H and O–H groups in total. The van der Waals surface area contributed by atoms with E-state index >= 15 is 0 Å². The van der Waals surface area contributed by atoms with E-state index < -0.39 is 83.7 Å². The molecule has 0 amide bonds. The summed E-state index contributed by atoms with van der Waals surface area (Å²) in [5, 5.41) is 20.9. The van der Waals surface area contributed by atoms with E-state index in [2.05, 4.69) is 71.8 Å². The smallest absolute Gasteiger partial charge is 0.462 e. The molecule has 19 nitrogen and oxygen atoms in total. The molecule has 1 aromatic heterocycles. The number of allylic oxidation sites excluding steroid dienone is 9. The molecule has 3 heterocycles. The van der Waals surface area contributed by atoms with Crippen LogP contribution < -0.4 is 11.4 Å². The quantitative estimate of drug-likeness (QED) is 0.0102. The number of aliphatic hydroxyl groups excluding tert-OH is 2. The number of phosphoric acid groups is 2. The number of nitrogens with two attached hydrogens (primary N) is 1. The van der Waals surface area contributed by atoms with Crippen molar-refractivity contribution in [2.24, 2.45) is 0 Å². The van der Waals surface area contributed by atoms with Crippen LogP contribution in [0.3, 0.4) is 0 Å². The monoisotopic (exact) mass is 1040 g/mol. The lowest BCUT2D eigenvalue weighted by molar-refractivity contribution is -0.161. The number of rotatable bonds is 40. The molecule has 1 aromatic rings. The number of esters is 2. The fourth-order valence-corrected chi connectivity index (χ4v) is 9.56. The van der Waals surface area contributed by atoms with Gasteiger partial charge in [0.2, 0.25) is 0 Å². The van der Waals surface area contributed by atoms with Crippen molar-refractivity contribution in [1.29, 1.82) is 0 Å². The standard InChI is InChI=1S/C50H81N3O16P2/c1-3-5-7-8-9-10-11-12-13-14-15-20-23-26-30-34-46(55)66-40(37-63-45(54)33-29-25-22-19-17-16-18-21-24-28-32-42-41(67-42)31-27-6-4-2)38-64-70(59,60)69-71(61,62)65-39-43-47(56)48(57)49(68-43)53-36-35-44(51)52-50(53)58/h10-13,16,18-19,22,24,28,35-36,40-43,47-49,56-57H,3-9,14-15,17,20-21,23,25-27,29-34,37-39H2,1-2H3,(H,59,60)(H,61,62)(H2,51,52,58)/b11-10-,13-12-,18-16-,22-19-,28-24-/t40-,41?,42?,43-,47-,48-,49-/m1/s1. The maximum absolute atomic E-state index is 12.9. The molecule has 0 spiro atoms. The molecule has 0 saturated carbocycles. The van der Waals surface area contributed by atoms with Gasteiger partial charge >= 0.3 is 33.3 Å². The molecule has 2 aliphatic heterocycles. The molecule has 3 rings (SSSR count). The SMILES string of the molecule is CCCCCC/C=C\C=C/CCCCCCCC(=O)O[C@H](COC(=O)CCC/C=C\C/C=C\C/C=C\CC1OC1CCCCC)COP(=O)(O)OP(=O)(O)OC[C@H]1O[C@@H](n2ccc(N)nc2=O)[C@H](O)[C@@H]1O. The Morgan fingerprint density at radius 3 is 2.03 bits per heavy atom. The minimum Gasteiger partial charge on any atom is -0.462 e. The average Bonchev–Trinajstić information content (AvgIpc) is 4.02. The predicted octanol–water partition coefficient (Wildman–Crippen LogP) is 9.32. The third-order valence-corrected chi connectivity index (χ3v) is 14.1. The summed E-state index contributed by atoms with van der Waals surface area (Å²) in [4.78, 5) is 61.9. The highest BCUT2D eigenvalue weighted by Gasteiger charge is 2.46. The molecule has 2 saturated heterocycles. The second-order valence-electron chi connectivity index (χ2n) is 17.7. The van der Waals surface area contributed by atoms with Crippen LogP contribution in [0.15, 0.2) is 77.8 Å². The average molecular weight is 1040 g/mol. The number of anilines is 1. The maximum atomic E-state index is 12.9. The van der Waals surface area contributed by atoms with E-state index in [0.29, 0.717) is 31.5 Å². The van der Waals surface area contributed by atoms with E-state index in [-0.39, 0.29) is 18.7 Å². The van der Waals surface area contributed by atoms with Gasteiger partial charge in [0, 0.05) is 19.0 Å². The van der Waals surface area contributed by atoms with Crippen LogP contribution in [0.2, 0.25) is 0 Å². The number of unbranched alkanes of at least 4 members (excludes halogenated alkanes) is 12. The highest BCUT2D eigenvalue weighted by Crippen LogP contribution is 2.60. The van der Waals surface area contributed by atoms with Gasteiger partial charge < -0.3 is 44.7 Å². The maximum Gasteiger partial charge on any atom is 0.481 e. The minimum atomic E-state index is -5.44. The molecule has 71 heavy (non-hydrogen) atoms. The lowest BCUT2D eigenvalue weighted by Gasteiger charge is -2.21. The molecule has 4 unspecified atom stereocenters. The molecule has 21 heteroatoms. The van der Waals surface area contributed by atoms with Crippen LogP contribution in [-0.2, 0) is 51.0 Å². The number of phosphoric ester groups is 2. The largest absolute Gasteiger partial charge is 0.481 e. The van der Waals surface area contributed by atoms with Crippen molar-refractivity contribution in [3.8, 4) is 0 Å². The Labute approximate surface area is 419 Å². The van der Waals surface area contributed by atoms with Crippen LogP contribution in [0, 0.1) is 0 Å². The molecule has 0 aliphatic carbocycles. The van der Waals surface area contributed by atoms with Gasteiger partial charge in [-0.2, -0.15) is 9.29 Å². The van der Waals surface area contributed by atoms with Crippen LogP contribution in [0.4, 0.5) is 5.82 Å². The number of hydrogen-bond acceptors (Lipinski definition) is 16. The van der Waals surface area contributed by atoms with Crippen molar-refractivity contribution in [1.82, 2.24) is 9.55 Å². The number of ether oxygens (including phenoxy) is 4. The van der Waals surface area contributed by atoms with Crippen molar-refractivity contribution < 1.29 is 71.0 Å². The summed E-state index contributed by atoms with van der Waals surface area (Å²) in [6.07, 6.45) is 34.8. The number of aromatic nitrogens is 2. The molecule has 0 bridgehead atoms. The van der Waals surface area contributed by atoms with Crippen LogP contribution in [-0.4, -0.2) is 97.9 Å². The van der Waals surface area contributed by atoms with Crippen molar-refractivity contribution in [2.45, 2.75) is 198 Å². The van der Waals surface area contributed by atoms with Gasteiger partial charge in [0.05, 0.1) is 25.4 Å². The highest BCUT2D eigenvalue weighted by atomic mass is 31.3. The number of carbonyl (C=O) groups is 2. The third-order valence-electron chi connectivity index (χ3n) is 11.5. The molecule has 9 atom stereocenters. The number of aliphatic hydroxyl groups is 2. The Hall–Kier alpha value is -3.58. The highest BCUT2D eigenvalue weighted by molar-refractivity contribution is 7.61. The topological polar surface area (TPSA) is 278 Å². The molecular formula is C50H81N3O16P2. The summed E-state index contributed by atoms with van der Waals surface area (Å²) in [6, 6.07) is 1.24. The third kappa shape index (κ3) is 27.9. The van der Waals surface area contributed by atoms with Gasteiger partial charge in [-0.05, 0) is 76.7 Å². The van der Waals surface area contributed by atoms with Crippen molar-refractivity contribution in [3.63, 3.8) is 0 Å². The van der Waals surface area contributed by atoms with Gasteiger partial charge in [0.1, 0.15) is 30.7 Å². The lowest BCUT2D eigenvalue weighted by atomic mass is 10.1. The van der Waals surface area contributed by atoms with E-state index in [4.69, 9.17) is 33.7 Å². The minimum absolute atomic E-state index is 0.0161. The molecule has 2 fully saturated rings. The second kappa shape index (κ2) is 35.6. The fraction of sp³-hybridized carbons (Fsp3) is 0.680. The van der Waals surface area contributed by atoms with Crippen LogP contribution in [0.25, 0.3) is 0 Å². The zero-order valence-corrected chi connectivity index (χ0v) is 43.5. The first-order valence-corrected chi connectivity index (χ1v) is 28.4. The number of carbonyl (C=O) groups excluding carboxylic acids is 2. The van der Waals surface area contributed by atoms with Gasteiger partial charge in [-0.25, -0.2) is 13.9 Å². The summed E-state index contributed by atoms with van der Waals surface area (Å²) in [6.45, 7) is 2.02. The van der Waals surface area contributed by atoms with Crippen molar-refractivity contribution in [3.05, 3.63) is 83.5 Å². The second-order valence-corrected chi connectivity index (χ2v) is 20.8. The molecule has 0 radical (unpaired) electrons. The summed E-state index contributed by atoms with van der Waals surface area (Å²) in [5.74, 6) is -1.39. The first-order valence-electron chi connectivity index (χ1n) is 25.4. The zero-order chi connectivity index (χ0) is 51.7. The fourth-order valence-electron chi connectivity index (χ4n) is 7.45. The Balaban J connectivity index is 1.42. The molecule has 2 aliphatic rings. The first kappa shape index (κ1) is 61.7. The van der Waals surface area contributed by atoms with Crippen molar-refractivity contribution >= 4 is 33.4 Å².